The maximum atomic E-state index is 9.87. The van der Waals surface area contributed by atoms with Crippen LogP contribution in [-0.4, -0.2) is 5.54 Å². The molecule has 3 heteroatoms. The van der Waals surface area contributed by atoms with Crippen LogP contribution in [-0.2, 0) is 0 Å². The first-order valence-electron chi connectivity index (χ1n) is 2.84. The highest BCUT2D eigenvalue weighted by Crippen LogP contribution is 2.02. The van der Waals surface area contributed by atoms with Crippen molar-refractivity contribution < 1.29 is 5.59 Å². The Morgan fingerprint density at radius 3 is 2.25 bits per heavy atom. The summed E-state index contributed by atoms with van der Waals surface area (Å²) in [6.07, 6.45) is 0.964. The van der Waals surface area contributed by atoms with Crippen molar-refractivity contribution >= 4 is 0 Å². The predicted octanol–water partition coefficient (Wildman–Crippen LogP) is -0.259. The minimum atomic E-state index is -0.0260. The Morgan fingerprint density at radius 1 is 1.62 bits per heavy atom. The van der Waals surface area contributed by atoms with Gasteiger partial charge in [-0.25, -0.2) is 0 Å². The second-order valence-corrected chi connectivity index (χ2v) is 2.50. The van der Waals surface area contributed by atoms with Crippen molar-refractivity contribution in [3.63, 3.8) is 0 Å². The molecular weight excluding hydrogens is 104 g/mol. The maximum Gasteiger partial charge on any atom is 0.0608 e. The molecule has 8 heavy (non-hydrogen) atoms. The standard InChI is InChI=1S/C5H14N2O/c1-4-5(2,3)6-7-8/h6H,4,7H2,1-3H3. The molecule has 0 saturated carbocycles. The van der Waals surface area contributed by atoms with Crippen LogP contribution in [0.15, 0.2) is 0 Å². The van der Waals surface area contributed by atoms with Crippen molar-refractivity contribution in [1.29, 1.82) is 0 Å². The summed E-state index contributed by atoms with van der Waals surface area (Å²) in [5.41, 5.74) is 3.40. The van der Waals surface area contributed by atoms with Crippen molar-refractivity contribution in [2.75, 3.05) is 0 Å². The molecule has 0 bridgehead atoms. The van der Waals surface area contributed by atoms with Crippen LogP contribution in [0.3, 0.4) is 0 Å². The summed E-state index contributed by atoms with van der Waals surface area (Å²) in [4.78, 5) is 0. The lowest BCUT2D eigenvalue weighted by molar-refractivity contribution is -0.661. The van der Waals surface area contributed by atoms with E-state index in [1.54, 1.807) is 0 Å². The summed E-state index contributed by atoms with van der Waals surface area (Å²) in [6, 6.07) is 0. The Bertz CT molecular complexity index is 63.4. The number of rotatable bonds is 3. The first-order chi connectivity index (χ1) is 3.62. The molecule has 0 aromatic carbocycles. The molecule has 0 heterocycles. The molecule has 50 valence electrons. The lowest BCUT2D eigenvalue weighted by Gasteiger charge is -2.22. The molecule has 0 atom stereocenters. The molecule has 0 aliphatic heterocycles. The average molecular weight is 118 g/mol. The number of quaternary nitrogens is 1. The fourth-order valence-electron chi connectivity index (χ4n) is 0.262. The highest BCUT2D eigenvalue weighted by molar-refractivity contribution is 4.68. The van der Waals surface area contributed by atoms with E-state index in [1.165, 1.54) is 0 Å². The molecule has 0 aliphatic carbocycles. The fourth-order valence-corrected chi connectivity index (χ4v) is 0.262. The maximum absolute atomic E-state index is 9.87. The van der Waals surface area contributed by atoms with Gasteiger partial charge in [0.15, 0.2) is 0 Å². The lowest BCUT2D eigenvalue weighted by atomic mass is 10.0. The fraction of sp³-hybridized carbons (Fsp3) is 1.00. The summed E-state index contributed by atoms with van der Waals surface area (Å²) < 4.78 is 0. The quantitative estimate of drug-likeness (QED) is 0.396. The molecular formula is C5H14N2O. The smallest absolute Gasteiger partial charge is 0.0608 e. The summed E-state index contributed by atoms with van der Waals surface area (Å²) in [6.45, 7) is 6.01. The highest BCUT2D eigenvalue weighted by atomic mass is 16.5. The SMILES string of the molecule is CCC(C)(C)N[NH2+][O-]. The van der Waals surface area contributed by atoms with Gasteiger partial charge in [0, 0.05) is 0 Å². The third-order valence-corrected chi connectivity index (χ3v) is 1.33. The third-order valence-electron chi connectivity index (χ3n) is 1.33. The second-order valence-electron chi connectivity index (χ2n) is 2.50. The molecule has 3 nitrogen and oxygen atoms in total. The number of hydrogen-bond donors (Lipinski definition) is 2. The van der Waals surface area contributed by atoms with Gasteiger partial charge in [0.1, 0.15) is 0 Å². The Labute approximate surface area is 50.0 Å². The first-order valence-corrected chi connectivity index (χ1v) is 2.84. The predicted molar refractivity (Wildman–Crippen MR) is 32.8 cm³/mol. The van der Waals surface area contributed by atoms with Crippen molar-refractivity contribution in [1.82, 2.24) is 5.43 Å². The minimum Gasteiger partial charge on any atom is -0.615 e. The largest absolute Gasteiger partial charge is 0.615 e. The summed E-state index contributed by atoms with van der Waals surface area (Å²) in [7, 11) is 0. The zero-order valence-electron chi connectivity index (χ0n) is 5.69. The van der Waals surface area contributed by atoms with E-state index in [9.17, 15) is 5.21 Å². The van der Waals surface area contributed by atoms with E-state index >= 15 is 0 Å². The Kier molecular flexibility index (Phi) is 2.97. The van der Waals surface area contributed by atoms with Gasteiger partial charge in [0.05, 0.1) is 5.54 Å². The van der Waals surface area contributed by atoms with Crippen molar-refractivity contribution in [3.05, 3.63) is 5.21 Å². The molecule has 0 aromatic rings. The van der Waals surface area contributed by atoms with Gasteiger partial charge in [0.25, 0.3) is 0 Å². The molecule has 0 amide bonds. The molecule has 0 rings (SSSR count). The molecule has 0 fully saturated rings. The van der Waals surface area contributed by atoms with Crippen molar-refractivity contribution in [3.8, 4) is 0 Å². The van der Waals surface area contributed by atoms with E-state index in [2.05, 4.69) is 5.43 Å². The number of hydrogen-bond acceptors (Lipinski definition) is 2. The summed E-state index contributed by atoms with van der Waals surface area (Å²) in [5.74, 6) is 0. The normalized spacial score (nSPS) is 12.0. The van der Waals surface area contributed by atoms with Crippen LogP contribution < -0.4 is 11.0 Å². The first kappa shape index (κ1) is 7.88. The van der Waals surface area contributed by atoms with E-state index in [4.69, 9.17) is 0 Å². The van der Waals surface area contributed by atoms with Gasteiger partial charge >= 0.3 is 0 Å². The van der Waals surface area contributed by atoms with Gasteiger partial charge in [-0.05, 0) is 20.3 Å². The van der Waals surface area contributed by atoms with Crippen molar-refractivity contribution in [2.45, 2.75) is 32.7 Å². The third kappa shape index (κ3) is 2.96. The van der Waals surface area contributed by atoms with Crippen LogP contribution in [0.2, 0.25) is 0 Å². The van der Waals surface area contributed by atoms with E-state index in [-0.39, 0.29) is 5.54 Å². The molecule has 3 N–H and O–H groups in total. The van der Waals surface area contributed by atoms with Crippen LogP contribution in [0, 0.1) is 5.21 Å². The lowest BCUT2D eigenvalue weighted by Crippen LogP contribution is -2.91. The summed E-state index contributed by atoms with van der Waals surface area (Å²) in [5, 5.41) is 9.87. The van der Waals surface area contributed by atoms with Crippen LogP contribution in [0.25, 0.3) is 0 Å². The topological polar surface area (TPSA) is 51.7 Å². The van der Waals surface area contributed by atoms with Crippen LogP contribution in [0.1, 0.15) is 27.2 Å². The molecule has 0 aliphatic rings. The van der Waals surface area contributed by atoms with E-state index in [0.29, 0.717) is 0 Å². The van der Waals surface area contributed by atoms with E-state index < -0.39 is 0 Å². The van der Waals surface area contributed by atoms with Crippen LogP contribution in [0.4, 0.5) is 0 Å². The molecule has 0 aromatic heterocycles. The minimum absolute atomic E-state index is 0.0260. The second kappa shape index (κ2) is 3.02. The van der Waals surface area contributed by atoms with Gasteiger partial charge < -0.3 is 10.8 Å². The van der Waals surface area contributed by atoms with Gasteiger partial charge in [-0.1, -0.05) is 6.92 Å². The molecule has 0 saturated heterocycles. The monoisotopic (exact) mass is 118 g/mol. The van der Waals surface area contributed by atoms with Gasteiger partial charge in [0.2, 0.25) is 0 Å². The average Bonchev–Trinajstić information content (AvgIpc) is 1.67. The van der Waals surface area contributed by atoms with Gasteiger partial charge in [-0.2, -0.15) is 5.43 Å². The molecule has 0 radical (unpaired) electrons. The Hall–Kier alpha value is -0.120. The zero-order valence-corrected chi connectivity index (χ0v) is 5.69. The van der Waals surface area contributed by atoms with Crippen LogP contribution >= 0.6 is 0 Å². The molecule has 0 unspecified atom stereocenters. The Morgan fingerprint density at radius 2 is 2.12 bits per heavy atom. The van der Waals surface area contributed by atoms with E-state index in [1.807, 2.05) is 20.8 Å². The van der Waals surface area contributed by atoms with E-state index in [0.717, 1.165) is 12.0 Å². The summed E-state index contributed by atoms with van der Waals surface area (Å²) >= 11 is 0. The van der Waals surface area contributed by atoms with Crippen molar-refractivity contribution in [2.24, 2.45) is 0 Å². The highest BCUT2D eigenvalue weighted by Gasteiger charge is 2.13. The zero-order chi connectivity index (χ0) is 6.62. The van der Waals surface area contributed by atoms with Crippen LogP contribution in [0.5, 0.6) is 0 Å². The van der Waals surface area contributed by atoms with Gasteiger partial charge in [-0.3, -0.25) is 0 Å². The molecule has 0 spiro atoms. The van der Waals surface area contributed by atoms with Gasteiger partial charge in [-0.15, -0.1) is 0 Å². The number of nitrogens with two attached hydrogens (primary N) is 1. The Balaban J connectivity index is 3.37. The number of nitrogens with one attached hydrogen (secondary N) is 1.